The summed E-state index contributed by atoms with van der Waals surface area (Å²) >= 11 is 0. The van der Waals surface area contributed by atoms with Gasteiger partial charge in [0.25, 0.3) is 0 Å². The fraction of sp³-hybridized carbons (Fsp3) is 0.154. The summed E-state index contributed by atoms with van der Waals surface area (Å²) in [5.74, 6) is 2.66. The molecule has 1 aliphatic carbocycles. The second-order valence-electron chi connectivity index (χ2n) is 8.42. The number of fused-ring (bicyclic) bond motifs is 4. The van der Waals surface area contributed by atoms with Gasteiger partial charge in [-0.1, -0.05) is 24.3 Å². The molecule has 4 heterocycles. The first kappa shape index (κ1) is 19.0. The lowest BCUT2D eigenvalue weighted by molar-refractivity contribution is 0.271. The number of ether oxygens (including phenoxy) is 1. The molecule has 34 heavy (non-hydrogen) atoms. The van der Waals surface area contributed by atoms with Gasteiger partial charge in [0.15, 0.2) is 17.1 Å². The molecule has 0 amide bonds. The van der Waals surface area contributed by atoms with Gasteiger partial charge in [-0.2, -0.15) is 5.10 Å². The highest BCUT2D eigenvalue weighted by Gasteiger charge is 2.17. The van der Waals surface area contributed by atoms with E-state index in [0.717, 1.165) is 41.1 Å². The predicted molar refractivity (Wildman–Crippen MR) is 126 cm³/mol. The van der Waals surface area contributed by atoms with Crippen molar-refractivity contribution >= 4 is 16.7 Å². The molecule has 0 N–H and O–H groups in total. The van der Waals surface area contributed by atoms with E-state index < -0.39 is 0 Å². The van der Waals surface area contributed by atoms with Crippen LogP contribution < -0.4 is 4.74 Å². The number of furan rings is 1. The SMILES string of the molecule is c1ccc(-n2ncc3c2ncn2nc(-c4ccc(COc5ccc6c(c5)CCC6)o4)nc32)cc1. The molecule has 0 atom stereocenters. The summed E-state index contributed by atoms with van der Waals surface area (Å²) in [5.41, 5.74) is 5.16. The Morgan fingerprint density at radius 1 is 0.941 bits per heavy atom. The Hall–Kier alpha value is -4.46. The zero-order valence-corrected chi connectivity index (χ0v) is 18.3. The molecule has 166 valence electrons. The minimum Gasteiger partial charge on any atom is -0.486 e. The van der Waals surface area contributed by atoms with Crippen LogP contribution in [0, 0.1) is 0 Å². The van der Waals surface area contributed by atoms with Crippen molar-refractivity contribution in [2.45, 2.75) is 25.9 Å². The third-order valence-electron chi connectivity index (χ3n) is 6.24. The average molecular weight is 448 g/mol. The molecule has 7 rings (SSSR count). The van der Waals surface area contributed by atoms with Gasteiger partial charge >= 0.3 is 0 Å². The van der Waals surface area contributed by atoms with E-state index in [9.17, 15) is 0 Å². The van der Waals surface area contributed by atoms with Crippen molar-refractivity contribution < 1.29 is 9.15 Å². The quantitative estimate of drug-likeness (QED) is 0.377. The molecule has 0 saturated carbocycles. The number of nitrogens with zero attached hydrogens (tertiary/aromatic N) is 6. The fourth-order valence-corrected chi connectivity index (χ4v) is 4.55. The maximum absolute atomic E-state index is 6.00. The summed E-state index contributed by atoms with van der Waals surface area (Å²) in [6.45, 7) is 0.349. The Morgan fingerprint density at radius 2 is 1.85 bits per heavy atom. The number of rotatable bonds is 5. The summed E-state index contributed by atoms with van der Waals surface area (Å²) in [7, 11) is 0. The van der Waals surface area contributed by atoms with Crippen LogP contribution in [-0.4, -0.2) is 29.4 Å². The Labute approximate surface area is 194 Å². The molecule has 8 nitrogen and oxygen atoms in total. The number of aromatic nitrogens is 6. The molecule has 0 bridgehead atoms. The zero-order valence-electron chi connectivity index (χ0n) is 18.3. The van der Waals surface area contributed by atoms with Crippen LogP contribution >= 0.6 is 0 Å². The van der Waals surface area contributed by atoms with Crippen molar-refractivity contribution in [3.05, 3.63) is 90.1 Å². The van der Waals surface area contributed by atoms with E-state index in [4.69, 9.17) is 14.1 Å². The van der Waals surface area contributed by atoms with E-state index in [1.807, 2.05) is 48.5 Å². The van der Waals surface area contributed by atoms with Crippen molar-refractivity contribution in [2.24, 2.45) is 0 Å². The Bertz CT molecular complexity index is 1650. The number of hydrogen-bond donors (Lipinski definition) is 0. The van der Waals surface area contributed by atoms with Crippen LogP contribution in [0.3, 0.4) is 0 Å². The monoisotopic (exact) mass is 448 g/mol. The normalized spacial score (nSPS) is 13.1. The van der Waals surface area contributed by atoms with Gasteiger partial charge in [-0.15, -0.1) is 5.10 Å². The maximum atomic E-state index is 6.00. The lowest BCUT2D eigenvalue weighted by Gasteiger charge is -2.06. The first-order chi connectivity index (χ1) is 16.8. The summed E-state index contributed by atoms with van der Waals surface area (Å²) < 4.78 is 15.4. The van der Waals surface area contributed by atoms with Crippen molar-refractivity contribution in [2.75, 3.05) is 0 Å². The maximum Gasteiger partial charge on any atom is 0.217 e. The van der Waals surface area contributed by atoms with Crippen LogP contribution in [0.4, 0.5) is 0 Å². The van der Waals surface area contributed by atoms with E-state index in [1.54, 1.807) is 21.7 Å². The van der Waals surface area contributed by atoms with Gasteiger partial charge in [-0.25, -0.2) is 19.2 Å². The minimum atomic E-state index is 0.349. The molecule has 4 aromatic heterocycles. The number of para-hydroxylation sites is 1. The summed E-state index contributed by atoms with van der Waals surface area (Å²) in [4.78, 5) is 9.27. The zero-order chi connectivity index (χ0) is 22.5. The Balaban J connectivity index is 1.16. The molecule has 0 spiro atoms. The smallest absolute Gasteiger partial charge is 0.217 e. The summed E-state index contributed by atoms with van der Waals surface area (Å²) in [5, 5.41) is 9.88. The predicted octanol–water partition coefficient (Wildman–Crippen LogP) is 4.79. The van der Waals surface area contributed by atoms with Crippen LogP contribution in [0.1, 0.15) is 23.3 Å². The highest BCUT2D eigenvalue weighted by atomic mass is 16.5. The molecule has 1 aliphatic rings. The first-order valence-electron chi connectivity index (χ1n) is 11.3. The van der Waals surface area contributed by atoms with Crippen molar-refractivity contribution in [3.63, 3.8) is 0 Å². The average Bonchev–Trinajstić information content (AvgIpc) is 3.67. The number of aryl methyl sites for hydroxylation is 2. The van der Waals surface area contributed by atoms with Crippen molar-refractivity contribution in [3.8, 4) is 23.0 Å². The van der Waals surface area contributed by atoms with Crippen LogP contribution in [0.25, 0.3) is 34.0 Å². The first-order valence-corrected chi connectivity index (χ1v) is 11.3. The van der Waals surface area contributed by atoms with E-state index in [0.29, 0.717) is 23.8 Å². The largest absolute Gasteiger partial charge is 0.486 e. The second-order valence-corrected chi connectivity index (χ2v) is 8.42. The molecule has 0 saturated heterocycles. The molecular formula is C26H20N6O2. The van der Waals surface area contributed by atoms with Crippen LogP contribution in [0.5, 0.6) is 5.75 Å². The van der Waals surface area contributed by atoms with E-state index in [1.165, 1.54) is 17.5 Å². The Morgan fingerprint density at radius 3 is 2.79 bits per heavy atom. The summed E-state index contributed by atoms with van der Waals surface area (Å²) in [6.07, 6.45) is 6.93. The molecular weight excluding hydrogens is 428 g/mol. The third-order valence-corrected chi connectivity index (χ3v) is 6.24. The van der Waals surface area contributed by atoms with E-state index in [-0.39, 0.29) is 0 Å². The lowest BCUT2D eigenvalue weighted by atomic mass is 10.1. The fourth-order valence-electron chi connectivity index (χ4n) is 4.55. The van der Waals surface area contributed by atoms with Gasteiger partial charge in [-0.3, -0.25) is 0 Å². The highest BCUT2D eigenvalue weighted by molar-refractivity contribution is 5.89. The summed E-state index contributed by atoms with van der Waals surface area (Å²) in [6, 6.07) is 20.0. The van der Waals surface area contributed by atoms with Gasteiger partial charge in [-0.05, 0) is 66.8 Å². The molecule has 0 radical (unpaired) electrons. The third kappa shape index (κ3) is 3.14. The molecule has 8 heteroatoms. The van der Waals surface area contributed by atoms with Crippen molar-refractivity contribution in [1.29, 1.82) is 0 Å². The van der Waals surface area contributed by atoms with Crippen LogP contribution in [0.15, 0.2) is 77.6 Å². The van der Waals surface area contributed by atoms with Gasteiger partial charge in [0.05, 0.1) is 17.3 Å². The molecule has 0 fully saturated rings. The highest BCUT2D eigenvalue weighted by Crippen LogP contribution is 2.28. The van der Waals surface area contributed by atoms with Gasteiger partial charge in [0.1, 0.15) is 24.4 Å². The van der Waals surface area contributed by atoms with Gasteiger partial charge in [0.2, 0.25) is 5.82 Å². The topological polar surface area (TPSA) is 83.3 Å². The standard InChI is InChI=1S/C26H20N6O2/c1-2-7-19(8-3-1)32-25-22(14-28-32)26-29-24(30-31(26)16-27-25)23-12-11-21(34-23)15-33-20-10-9-17-5-4-6-18(17)13-20/h1-3,7-14,16H,4-6,15H2. The second kappa shape index (κ2) is 7.55. The number of benzene rings is 2. The molecule has 2 aromatic carbocycles. The van der Waals surface area contributed by atoms with E-state index in [2.05, 4.69) is 27.3 Å². The lowest BCUT2D eigenvalue weighted by Crippen LogP contribution is -1.98. The van der Waals surface area contributed by atoms with Crippen LogP contribution in [0.2, 0.25) is 0 Å². The number of hydrogen-bond acceptors (Lipinski definition) is 6. The molecule has 6 aromatic rings. The van der Waals surface area contributed by atoms with Gasteiger partial charge < -0.3 is 9.15 Å². The van der Waals surface area contributed by atoms with Crippen molar-refractivity contribution in [1.82, 2.24) is 29.4 Å². The molecule has 0 unspecified atom stereocenters. The van der Waals surface area contributed by atoms with Gasteiger partial charge in [0, 0.05) is 0 Å². The Kier molecular flexibility index (Phi) is 4.23. The van der Waals surface area contributed by atoms with Crippen LogP contribution in [-0.2, 0) is 19.4 Å². The van der Waals surface area contributed by atoms with E-state index >= 15 is 0 Å². The molecule has 0 aliphatic heterocycles. The minimum absolute atomic E-state index is 0.349.